The van der Waals surface area contributed by atoms with E-state index in [1.807, 2.05) is 6.07 Å². The normalized spacial score (nSPS) is 19.4. The molecule has 0 radical (unpaired) electrons. The lowest BCUT2D eigenvalue weighted by atomic mass is 9.93. The molecule has 7 nitrogen and oxygen atoms in total. The van der Waals surface area contributed by atoms with Crippen LogP contribution in [0.1, 0.15) is 55.3 Å². The molecule has 2 aliphatic rings. The average molecular weight is 484 g/mol. The number of para-hydroxylation sites is 1. The summed E-state index contributed by atoms with van der Waals surface area (Å²) in [5.41, 5.74) is 0.989. The average Bonchev–Trinajstić information content (AvgIpc) is 2.89. The van der Waals surface area contributed by atoms with Gasteiger partial charge in [0.1, 0.15) is 0 Å². The van der Waals surface area contributed by atoms with Crippen molar-refractivity contribution >= 4 is 27.5 Å². The standard InChI is InChI=1S/C26H33N3O4S/c1-28(23-12-6-3-7-13-23)34(32,33)24-16-14-20(15-17-24)26(31)29-18-8-9-21(19-29)25(30)27-22-10-4-2-5-11-22/h3,6-7,12-17,21-22H,2,4-5,8-11,18-19H2,1H3,(H,27,30). The molecule has 1 N–H and O–H groups in total. The number of amides is 2. The van der Waals surface area contributed by atoms with Crippen molar-refractivity contribution in [1.29, 1.82) is 0 Å². The number of carbonyl (C=O) groups excluding carboxylic acids is 2. The van der Waals surface area contributed by atoms with Crippen LogP contribution in [0.25, 0.3) is 0 Å². The van der Waals surface area contributed by atoms with Crippen molar-refractivity contribution in [3.63, 3.8) is 0 Å². The van der Waals surface area contributed by atoms with E-state index in [0.29, 0.717) is 24.3 Å². The Morgan fingerprint density at radius 2 is 1.59 bits per heavy atom. The highest BCUT2D eigenvalue weighted by Crippen LogP contribution is 2.24. The lowest BCUT2D eigenvalue weighted by Crippen LogP contribution is -2.47. The third-order valence-electron chi connectivity index (χ3n) is 6.91. The Hall–Kier alpha value is -2.87. The van der Waals surface area contributed by atoms with Gasteiger partial charge in [0.25, 0.3) is 15.9 Å². The first-order valence-electron chi connectivity index (χ1n) is 12.1. The van der Waals surface area contributed by atoms with Gasteiger partial charge in [0.05, 0.1) is 16.5 Å². The second-order valence-electron chi connectivity index (χ2n) is 9.27. The Bertz CT molecular complexity index is 1100. The van der Waals surface area contributed by atoms with Crippen LogP contribution in [-0.4, -0.2) is 51.3 Å². The molecule has 182 valence electrons. The molecule has 1 saturated carbocycles. The van der Waals surface area contributed by atoms with Crippen LogP contribution < -0.4 is 9.62 Å². The second kappa shape index (κ2) is 10.6. The molecule has 2 amide bonds. The van der Waals surface area contributed by atoms with Crippen molar-refractivity contribution in [3.05, 3.63) is 60.2 Å². The van der Waals surface area contributed by atoms with Crippen LogP contribution in [0.3, 0.4) is 0 Å². The Morgan fingerprint density at radius 3 is 2.26 bits per heavy atom. The number of benzene rings is 2. The van der Waals surface area contributed by atoms with Crippen molar-refractivity contribution < 1.29 is 18.0 Å². The third-order valence-corrected chi connectivity index (χ3v) is 8.71. The van der Waals surface area contributed by atoms with Gasteiger partial charge < -0.3 is 10.2 Å². The molecule has 0 aromatic heterocycles. The molecular weight excluding hydrogens is 450 g/mol. The molecule has 2 aromatic rings. The summed E-state index contributed by atoms with van der Waals surface area (Å²) in [6.07, 6.45) is 7.20. The van der Waals surface area contributed by atoms with Gasteiger partial charge in [0, 0.05) is 31.7 Å². The van der Waals surface area contributed by atoms with Crippen LogP contribution in [0, 0.1) is 5.92 Å². The highest BCUT2D eigenvalue weighted by atomic mass is 32.2. The van der Waals surface area contributed by atoms with E-state index < -0.39 is 10.0 Å². The van der Waals surface area contributed by atoms with Crippen molar-refractivity contribution in [2.45, 2.75) is 55.9 Å². The first-order chi connectivity index (χ1) is 16.4. The number of likely N-dealkylation sites (tertiary alicyclic amines) is 1. The largest absolute Gasteiger partial charge is 0.353 e. The molecular formula is C26H33N3O4S. The van der Waals surface area contributed by atoms with Crippen molar-refractivity contribution in [1.82, 2.24) is 10.2 Å². The maximum Gasteiger partial charge on any atom is 0.264 e. The van der Waals surface area contributed by atoms with Crippen LogP contribution in [0.5, 0.6) is 0 Å². The maximum atomic E-state index is 13.1. The van der Waals surface area contributed by atoms with Gasteiger partial charge in [-0.2, -0.15) is 0 Å². The van der Waals surface area contributed by atoms with E-state index in [4.69, 9.17) is 0 Å². The first-order valence-corrected chi connectivity index (χ1v) is 13.5. The molecule has 4 rings (SSSR count). The number of piperidine rings is 1. The van der Waals surface area contributed by atoms with Crippen molar-refractivity contribution in [3.8, 4) is 0 Å². The van der Waals surface area contributed by atoms with E-state index in [1.54, 1.807) is 41.3 Å². The summed E-state index contributed by atoms with van der Waals surface area (Å²) in [5, 5.41) is 3.19. The van der Waals surface area contributed by atoms with Crippen LogP contribution in [0.2, 0.25) is 0 Å². The van der Waals surface area contributed by atoms with Gasteiger partial charge in [0.2, 0.25) is 5.91 Å². The molecule has 2 fully saturated rings. The van der Waals surface area contributed by atoms with Crippen molar-refractivity contribution in [2.24, 2.45) is 5.92 Å². The quantitative estimate of drug-likeness (QED) is 0.677. The zero-order valence-electron chi connectivity index (χ0n) is 19.7. The summed E-state index contributed by atoms with van der Waals surface area (Å²) >= 11 is 0. The Labute approximate surface area is 202 Å². The topological polar surface area (TPSA) is 86.8 Å². The Balaban J connectivity index is 1.40. The van der Waals surface area contributed by atoms with Gasteiger partial charge in [-0.15, -0.1) is 0 Å². The molecule has 1 aliphatic heterocycles. The summed E-state index contributed by atoms with van der Waals surface area (Å²) < 4.78 is 27.2. The van der Waals surface area contributed by atoms with Gasteiger partial charge in [-0.25, -0.2) is 8.42 Å². The van der Waals surface area contributed by atoms with E-state index in [2.05, 4.69) is 5.32 Å². The zero-order chi connectivity index (χ0) is 24.1. The van der Waals surface area contributed by atoms with Crippen LogP contribution in [0.4, 0.5) is 5.69 Å². The SMILES string of the molecule is CN(c1ccccc1)S(=O)(=O)c1ccc(C(=O)N2CCCC(C(=O)NC3CCCCC3)C2)cc1. The number of sulfonamides is 1. The van der Waals surface area contributed by atoms with E-state index in [-0.39, 0.29) is 28.7 Å². The first kappa shape index (κ1) is 24.3. The third kappa shape index (κ3) is 5.43. The monoisotopic (exact) mass is 483 g/mol. The number of rotatable bonds is 6. The second-order valence-corrected chi connectivity index (χ2v) is 11.2. The predicted octanol–water partition coefficient (Wildman–Crippen LogP) is 3.81. The van der Waals surface area contributed by atoms with Crippen LogP contribution in [-0.2, 0) is 14.8 Å². The summed E-state index contributed by atoms with van der Waals surface area (Å²) in [6, 6.07) is 15.2. The molecule has 0 bridgehead atoms. The molecule has 1 aliphatic carbocycles. The zero-order valence-corrected chi connectivity index (χ0v) is 20.5. The fourth-order valence-electron chi connectivity index (χ4n) is 4.83. The summed E-state index contributed by atoms with van der Waals surface area (Å²) in [5.74, 6) is -0.316. The Kier molecular flexibility index (Phi) is 7.56. The fraction of sp³-hybridized carbons (Fsp3) is 0.462. The molecule has 1 unspecified atom stereocenters. The molecule has 34 heavy (non-hydrogen) atoms. The van der Waals surface area contributed by atoms with E-state index in [0.717, 1.165) is 38.5 Å². The fourth-order valence-corrected chi connectivity index (χ4v) is 6.02. The van der Waals surface area contributed by atoms with Crippen LogP contribution >= 0.6 is 0 Å². The summed E-state index contributed by atoms with van der Waals surface area (Å²) in [7, 11) is -2.23. The van der Waals surface area contributed by atoms with Gasteiger partial charge in [-0.05, 0) is 62.1 Å². The van der Waals surface area contributed by atoms with Gasteiger partial charge in [-0.1, -0.05) is 37.5 Å². The Morgan fingerprint density at radius 1 is 0.912 bits per heavy atom. The van der Waals surface area contributed by atoms with E-state index in [1.165, 1.54) is 29.9 Å². The number of anilines is 1. The minimum absolute atomic E-state index is 0.0507. The number of nitrogens with zero attached hydrogens (tertiary/aromatic N) is 2. The number of nitrogens with one attached hydrogen (secondary N) is 1. The maximum absolute atomic E-state index is 13.1. The van der Waals surface area contributed by atoms with Gasteiger partial charge >= 0.3 is 0 Å². The summed E-state index contributed by atoms with van der Waals surface area (Å²) in [6.45, 7) is 0.997. The number of carbonyl (C=O) groups is 2. The minimum atomic E-state index is -3.74. The highest BCUT2D eigenvalue weighted by molar-refractivity contribution is 7.92. The number of hydrogen-bond acceptors (Lipinski definition) is 4. The lowest BCUT2D eigenvalue weighted by molar-refractivity contribution is -0.127. The molecule has 1 atom stereocenters. The molecule has 8 heteroatoms. The molecule has 0 spiro atoms. The number of hydrogen-bond donors (Lipinski definition) is 1. The highest BCUT2D eigenvalue weighted by Gasteiger charge is 2.30. The smallest absolute Gasteiger partial charge is 0.264 e. The van der Waals surface area contributed by atoms with E-state index >= 15 is 0 Å². The molecule has 1 saturated heterocycles. The molecule has 2 aromatic carbocycles. The lowest BCUT2D eigenvalue weighted by Gasteiger charge is -2.33. The van der Waals surface area contributed by atoms with Crippen molar-refractivity contribution in [2.75, 3.05) is 24.4 Å². The molecule has 1 heterocycles. The predicted molar refractivity (Wildman–Crippen MR) is 132 cm³/mol. The van der Waals surface area contributed by atoms with Gasteiger partial charge in [0.15, 0.2) is 0 Å². The minimum Gasteiger partial charge on any atom is -0.353 e. The summed E-state index contributed by atoms with van der Waals surface area (Å²) in [4.78, 5) is 27.7. The van der Waals surface area contributed by atoms with E-state index in [9.17, 15) is 18.0 Å². The van der Waals surface area contributed by atoms with Gasteiger partial charge in [-0.3, -0.25) is 13.9 Å². The van der Waals surface area contributed by atoms with Crippen LogP contribution in [0.15, 0.2) is 59.5 Å².